The SMILES string of the molecule is CNC(=O)[C@H](Cc1ccccc1)N(Cc1cccc(C)c1)C(=O)CN(c1ccc(C(C)C)cc1)S(=O)(=O)c1ccccc1. The highest BCUT2D eigenvalue weighted by molar-refractivity contribution is 7.92. The summed E-state index contributed by atoms with van der Waals surface area (Å²) in [6, 6.07) is 31.7. The van der Waals surface area contributed by atoms with E-state index in [0.717, 1.165) is 26.6 Å². The Kier molecular flexibility index (Phi) is 10.4. The third kappa shape index (κ3) is 7.90. The number of nitrogens with one attached hydrogen (secondary N) is 1. The Bertz CT molecular complexity index is 1620. The van der Waals surface area contributed by atoms with Crippen molar-refractivity contribution in [2.75, 3.05) is 17.9 Å². The highest BCUT2D eigenvalue weighted by Crippen LogP contribution is 2.27. The fourth-order valence-corrected chi connectivity index (χ4v) is 6.44. The lowest BCUT2D eigenvalue weighted by Gasteiger charge is -2.33. The van der Waals surface area contributed by atoms with Crippen LogP contribution in [-0.2, 0) is 32.6 Å². The molecular weight excluding hydrogens is 558 g/mol. The van der Waals surface area contributed by atoms with Crippen molar-refractivity contribution in [3.05, 3.63) is 131 Å². The fraction of sp³-hybridized carbons (Fsp3) is 0.257. The molecule has 0 aliphatic carbocycles. The van der Waals surface area contributed by atoms with Crippen LogP contribution in [0.4, 0.5) is 5.69 Å². The van der Waals surface area contributed by atoms with Gasteiger partial charge in [-0.15, -0.1) is 0 Å². The van der Waals surface area contributed by atoms with Gasteiger partial charge >= 0.3 is 0 Å². The van der Waals surface area contributed by atoms with E-state index in [0.29, 0.717) is 5.69 Å². The van der Waals surface area contributed by atoms with Gasteiger partial charge in [0, 0.05) is 20.0 Å². The van der Waals surface area contributed by atoms with Gasteiger partial charge < -0.3 is 10.2 Å². The average Bonchev–Trinajstić information content (AvgIpc) is 3.02. The number of anilines is 1. The van der Waals surface area contributed by atoms with Gasteiger partial charge in [0.15, 0.2) is 0 Å². The summed E-state index contributed by atoms with van der Waals surface area (Å²) in [5.74, 6) is -0.562. The van der Waals surface area contributed by atoms with E-state index in [4.69, 9.17) is 0 Å². The van der Waals surface area contributed by atoms with Crippen molar-refractivity contribution in [3.8, 4) is 0 Å². The number of amides is 2. The number of rotatable bonds is 12. The molecule has 2 amide bonds. The number of benzene rings is 4. The number of aryl methyl sites for hydroxylation is 1. The highest BCUT2D eigenvalue weighted by Gasteiger charge is 2.34. The van der Waals surface area contributed by atoms with Crippen LogP contribution in [0.25, 0.3) is 0 Å². The van der Waals surface area contributed by atoms with Crippen molar-refractivity contribution in [2.24, 2.45) is 0 Å². The Labute approximate surface area is 255 Å². The van der Waals surface area contributed by atoms with Crippen molar-refractivity contribution in [2.45, 2.75) is 50.6 Å². The maximum Gasteiger partial charge on any atom is 0.264 e. The second-order valence-electron chi connectivity index (χ2n) is 10.9. The molecule has 0 aliphatic rings. The van der Waals surface area contributed by atoms with Gasteiger partial charge in [0.05, 0.1) is 10.6 Å². The summed E-state index contributed by atoms with van der Waals surface area (Å²) in [6.07, 6.45) is 0.270. The summed E-state index contributed by atoms with van der Waals surface area (Å²) < 4.78 is 29.2. The molecule has 1 N–H and O–H groups in total. The van der Waals surface area contributed by atoms with E-state index in [2.05, 4.69) is 19.2 Å². The van der Waals surface area contributed by atoms with Gasteiger partial charge in [-0.05, 0) is 53.8 Å². The highest BCUT2D eigenvalue weighted by atomic mass is 32.2. The van der Waals surface area contributed by atoms with Gasteiger partial charge in [-0.1, -0.05) is 104 Å². The van der Waals surface area contributed by atoms with Gasteiger partial charge in [-0.3, -0.25) is 13.9 Å². The second kappa shape index (κ2) is 14.2. The monoisotopic (exact) mass is 597 g/mol. The van der Waals surface area contributed by atoms with Crippen LogP contribution < -0.4 is 9.62 Å². The number of sulfonamides is 1. The summed E-state index contributed by atoms with van der Waals surface area (Å²) >= 11 is 0. The predicted molar refractivity (Wildman–Crippen MR) is 171 cm³/mol. The second-order valence-corrected chi connectivity index (χ2v) is 12.8. The maximum atomic E-state index is 14.4. The lowest BCUT2D eigenvalue weighted by Crippen LogP contribution is -2.53. The Hall–Kier alpha value is -4.43. The van der Waals surface area contributed by atoms with Crippen LogP contribution in [-0.4, -0.2) is 44.8 Å². The molecule has 0 aromatic heterocycles. The Morgan fingerprint density at radius 1 is 0.791 bits per heavy atom. The molecule has 224 valence electrons. The quantitative estimate of drug-likeness (QED) is 0.227. The van der Waals surface area contributed by atoms with E-state index in [1.54, 1.807) is 30.3 Å². The van der Waals surface area contributed by atoms with Crippen LogP contribution in [0.3, 0.4) is 0 Å². The molecule has 0 radical (unpaired) electrons. The van der Waals surface area contributed by atoms with Crippen molar-refractivity contribution in [3.63, 3.8) is 0 Å². The van der Waals surface area contributed by atoms with Gasteiger partial charge in [0.2, 0.25) is 11.8 Å². The largest absolute Gasteiger partial charge is 0.357 e. The van der Waals surface area contributed by atoms with Gasteiger partial charge in [-0.25, -0.2) is 8.42 Å². The molecule has 43 heavy (non-hydrogen) atoms. The number of carbonyl (C=O) groups excluding carboxylic acids is 2. The molecule has 0 fully saturated rings. The molecule has 8 heteroatoms. The smallest absolute Gasteiger partial charge is 0.264 e. The molecule has 0 spiro atoms. The van der Waals surface area contributed by atoms with Crippen LogP contribution in [0.5, 0.6) is 0 Å². The minimum absolute atomic E-state index is 0.0770. The van der Waals surface area contributed by atoms with E-state index >= 15 is 0 Å². The molecule has 0 saturated carbocycles. The Balaban J connectivity index is 1.79. The van der Waals surface area contributed by atoms with Crippen molar-refractivity contribution >= 4 is 27.5 Å². The zero-order valence-electron chi connectivity index (χ0n) is 25.1. The average molecular weight is 598 g/mol. The van der Waals surface area contributed by atoms with Crippen LogP contribution in [0, 0.1) is 6.92 Å². The first-order chi connectivity index (χ1) is 20.6. The van der Waals surface area contributed by atoms with Crippen LogP contribution in [0.15, 0.2) is 114 Å². The number of hydrogen-bond acceptors (Lipinski definition) is 4. The lowest BCUT2D eigenvalue weighted by molar-refractivity contribution is -0.139. The Morgan fingerprint density at radius 2 is 1.40 bits per heavy atom. The van der Waals surface area contributed by atoms with Crippen molar-refractivity contribution in [1.29, 1.82) is 0 Å². The maximum absolute atomic E-state index is 14.4. The summed E-state index contributed by atoms with van der Waals surface area (Å²) in [4.78, 5) is 29.3. The molecule has 0 bridgehead atoms. The molecule has 4 aromatic carbocycles. The lowest BCUT2D eigenvalue weighted by atomic mass is 10.0. The topological polar surface area (TPSA) is 86.8 Å². The summed E-state index contributed by atoms with van der Waals surface area (Å²) in [6.45, 7) is 5.74. The number of carbonyl (C=O) groups is 2. The van der Waals surface area contributed by atoms with Crippen LogP contribution in [0.2, 0.25) is 0 Å². The third-order valence-electron chi connectivity index (χ3n) is 7.41. The zero-order chi connectivity index (χ0) is 31.0. The van der Waals surface area contributed by atoms with E-state index in [9.17, 15) is 18.0 Å². The van der Waals surface area contributed by atoms with Crippen molar-refractivity contribution < 1.29 is 18.0 Å². The molecule has 4 rings (SSSR count). The number of likely N-dealkylation sites (N-methyl/N-ethyl adjacent to an activating group) is 1. The summed E-state index contributed by atoms with van der Waals surface area (Å²) in [7, 11) is -2.58. The predicted octanol–water partition coefficient (Wildman–Crippen LogP) is 5.70. The molecule has 4 aromatic rings. The van der Waals surface area contributed by atoms with E-state index in [1.165, 1.54) is 24.1 Å². The van der Waals surface area contributed by atoms with E-state index in [-0.39, 0.29) is 29.7 Å². The minimum Gasteiger partial charge on any atom is -0.357 e. The first kappa shape index (κ1) is 31.5. The normalized spacial score (nSPS) is 12.0. The Morgan fingerprint density at radius 3 is 1.98 bits per heavy atom. The van der Waals surface area contributed by atoms with Gasteiger partial charge in [-0.2, -0.15) is 0 Å². The first-order valence-electron chi connectivity index (χ1n) is 14.4. The summed E-state index contributed by atoms with van der Waals surface area (Å²) in [5, 5.41) is 2.71. The zero-order valence-corrected chi connectivity index (χ0v) is 25.9. The number of hydrogen-bond donors (Lipinski definition) is 1. The van der Waals surface area contributed by atoms with E-state index < -0.39 is 28.5 Å². The molecule has 1 atom stereocenters. The summed E-state index contributed by atoms with van der Waals surface area (Å²) in [5.41, 5.74) is 4.17. The van der Waals surface area contributed by atoms with Gasteiger partial charge in [0.1, 0.15) is 12.6 Å². The minimum atomic E-state index is -4.12. The third-order valence-corrected chi connectivity index (χ3v) is 9.20. The van der Waals surface area contributed by atoms with Gasteiger partial charge in [0.25, 0.3) is 10.0 Å². The first-order valence-corrected chi connectivity index (χ1v) is 15.8. The molecule has 0 unspecified atom stereocenters. The molecule has 7 nitrogen and oxygen atoms in total. The standard InChI is InChI=1S/C35H39N3O4S/c1-26(2)30-18-20-31(21-19-30)38(43(41,42)32-16-9-6-10-17-32)25-34(39)37(24-29-15-11-12-27(3)22-29)33(35(40)36-4)23-28-13-7-5-8-14-28/h5-22,26,33H,23-25H2,1-4H3,(H,36,40)/t33-/m0/s1. The fourth-order valence-electron chi connectivity index (χ4n) is 5.00. The molecule has 0 saturated heterocycles. The van der Waals surface area contributed by atoms with Crippen LogP contribution >= 0.6 is 0 Å². The molecule has 0 aliphatic heterocycles. The molecular formula is C35H39N3O4S. The molecule has 0 heterocycles. The number of nitrogens with zero attached hydrogens (tertiary/aromatic N) is 2. The van der Waals surface area contributed by atoms with Crippen molar-refractivity contribution in [1.82, 2.24) is 10.2 Å². The van der Waals surface area contributed by atoms with E-state index in [1.807, 2.05) is 73.7 Å². The van der Waals surface area contributed by atoms with Crippen LogP contribution in [0.1, 0.15) is 42.0 Å².